The van der Waals surface area contributed by atoms with Gasteiger partial charge in [0.05, 0.1) is 12.6 Å². The standard InChI is InChI=1S/C12H22N2O2S/c1-5-16-11(15)9(4)13-12-14-10(7-17-12)6-8(2)3/h8-10H,5-7H2,1-4H3,(H,13,14). The fourth-order valence-electron chi connectivity index (χ4n) is 1.67. The molecule has 1 heterocycles. The topological polar surface area (TPSA) is 50.7 Å². The average molecular weight is 258 g/mol. The van der Waals surface area contributed by atoms with Crippen LogP contribution in [0.15, 0.2) is 4.99 Å². The van der Waals surface area contributed by atoms with E-state index in [1.807, 2.05) is 6.92 Å². The zero-order valence-electron chi connectivity index (χ0n) is 11.0. The van der Waals surface area contributed by atoms with Crippen LogP contribution in [0.1, 0.15) is 34.1 Å². The molecule has 2 atom stereocenters. The van der Waals surface area contributed by atoms with E-state index in [0.717, 1.165) is 17.3 Å². The van der Waals surface area contributed by atoms with Crippen molar-refractivity contribution in [2.75, 3.05) is 12.4 Å². The first kappa shape index (κ1) is 14.4. The lowest BCUT2D eigenvalue weighted by Gasteiger charge is -2.12. The van der Waals surface area contributed by atoms with Crippen molar-refractivity contribution in [1.29, 1.82) is 0 Å². The molecule has 17 heavy (non-hydrogen) atoms. The normalized spacial score (nSPS) is 21.2. The molecule has 98 valence electrons. The van der Waals surface area contributed by atoms with Crippen LogP contribution in [0.4, 0.5) is 0 Å². The maximum atomic E-state index is 11.4. The van der Waals surface area contributed by atoms with Crippen molar-refractivity contribution >= 4 is 22.9 Å². The number of carbonyl (C=O) groups excluding carboxylic acids is 1. The van der Waals surface area contributed by atoms with Gasteiger partial charge >= 0.3 is 5.97 Å². The zero-order chi connectivity index (χ0) is 12.8. The summed E-state index contributed by atoms with van der Waals surface area (Å²) in [6.45, 7) is 8.43. The minimum atomic E-state index is -0.320. The summed E-state index contributed by atoms with van der Waals surface area (Å²) in [7, 11) is 0. The Morgan fingerprint density at radius 1 is 1.59 bits per heavy atom. The minimum Gasteiger partial charge on any atom is -0.464 e. The van der Waals surface area contributed by atoms with E-state index in [0.29, 0.717) is 18.6 Å². The van der Waals surface area contributed by atoms with Crippen molar-refractivity contribution in [3.05, 3.63) is 0 Å². The lowest BCUT2D eigenvalue weighted by Crippen LogP contribution is -2.37. The molecule has 0 radical (unpaired) electrons. The number of hydrogen-bond donors (Lipinski definition) is 1. The third kappa shape index (κ3) is 4.98. The van der Waals surface area contributed by atoms with E-state index in [-0.39, 0.29) is 12.0 Å². The highest BCUT2D eigenvalue weighted by atomic mass is 32.2. The Hall–Kier alpha value is -0.710. The SMILES string of the molecule is CCOC(=O)C(C)NC1=NC(CC(C)C)CS1. The van der Waals surface area contributed by atoms with E-state index in [2.05, 4.69) is 24.2 Å². The zero-order valence-corrected chi connectivity index (χ0v) is 11.8. The molecule has 0 aromatic heterocycles. The maximum absolute atomic E-state index is 11.4. The first-order chi connectivity index (χ1) is 8.02. The molecule has 5 heteroatoms. The Morgan fingerprint density at radius 2 is 2.29 bits per heavy atom. The van der Waals surface area contributed by atoms with Gasteiger partial charge in [0.1, 0.15) is 6.04 Å². The van der Waals surface area contributed by atoms with Crippen LogP contribution in [0.5, 0.6) is 0 Å². The Bertz CT molecular complexity index is 292. The summed E-state index contributed by atoms with van der Waals surface area (Å²) in [6, 6.07) is 0.0656. The second-order valence-electron chi connectivity index (χ2n) is 4.65. The quantitative estimate of drug-likeness (QED) is 0.767. The van der Waals surface area contributed by atoms with Gasteiger partial charge in [0.25, 0.3) is 0 Å². The highest BCUT2D eigenvalue weighted by Gasteiger charge is 2.22. The number of thioether (sulfide) groups is 1. The molecule has 1 N–H and O–H groups in total. The van der Waals surface area contributed by atoms with Crippen LogP contribution >= 0.6 is 11.8 Å². The first-order valence-electron chi connectivity index (χ1n) is 6.16. The van der Waals surface area contributed by atoms with E-state index in [1.165, 1.54) is 0 Å². The summed E-state index contributed by atoms with van der Waals surface area (Å²) in [6.07, 6.45) is 1.10. The molecular formula is C12H22N2O2S. The molecule has 1 aliphatic heterocycles. The Labute approximate surface area is 108 Å². The molecule has 0 amide bonds. The van der Waals surface area contributed by atoms with E-state index < -0.39 is 0 Å². The lowest BCUT2D eigenvalue weighted by atomic mass is 10.1. The van der Waals surface area contributed by atoms with Gasteiger partial charge in [-0.25, -0.2) is 4.79 Å². The molecule has 0 spiro atoms. The van der Waals surface area contributed by atoms with Crippen LogP contribution in [0, 0.1) is 5.92 Å². The van der Waals surface area contributed by atoms with Crippen molar-refractivity contribution < 1.29 is 9.53 Å². The highest BCUT2D eigenvalue weighted by molar-refractivity contribution is 8.14. The number of ether oxygens (including phenoxy) is 1. The fourth-order valence-corrected chi connectivity index (χ4v) is 2.72. The molecule has 0 aromatic carbocycles. The van der Waals surface area contributed by atoms with Crippen LogP contribution in [0.3, 0.4) is 0 Å². The van der Waals surface area contributed by atoms with Crippen LogP contribution < -0.4 is 5.32 Å². The van der Waals surface area contributed by atoms with Gasteiger partial charge in [-0.1, -0.05) is 25.6 Å². The molecular weight excluding hydrogens is 236 g/mol. The predicted octanol–water partition coefficient (Wildman–Crippen LogP) is 2.05. The molecule has 2 unspecified atom stereocenters. The van der Waals surface area contributed by atoms with Crippen molar-refractivity contribution in [2.24, 2.45) is 10.9 Å². The largest absolute Gasteiger partial charge is 0.464 e. The second-order valence-corrected chi connectivity index (χ2v) is 5.66. The number of esters is 1. The maximum Gasteiger partial charge on any atom is 0.328 e. The molecule has 4 nitrogen and oxygen atoms in total. The predicted molar refractivity (Wildman–Crippen MR) is 72.4 cm³/mol. The molecule has 0 bridgehead atoms. The summed E-state index contributed by atoms with van der Waals surface area (Å²) in [4.78, 5) is 16.0. The van der Waals surface area contributed by atoms with Crippen LogP contribution in [-0.4, -0.2) is 35.6 Å². The molecule has 0 saturated heterocycles. The van der Waals surface area contributed by atoms with E-state index in [1.54, 1.807) is 18.7 Å². The summed E-state index contributed by atoms with van der Waals surface area (Å²) in [5, 5.41) is 3.98. The van der Waals surface area contributed by atoms with E-state index in [9.17, 15) is 4.79 Å². The summed E-state index contributed by atoms with van der Waals surface area (Å²) >= 11 is 1.69. The number of hydrogen-bond acceptors (Lipinski definition) is 5. The van der Waals surface area contributed by atoms with Crippen LogP contribution in [0.2, 0.25) is 0 Å². The smallest absolute Gasteiger partial charge is 0.328 e. The molecule has 0 aromatic rings. The van der Waals surface area contributed by atoms with Gasteiger partial charge in [-0.3, -0.25) is 4.99 Å². The van der Waals surface area contributed by atoms with E-state index >= 15 is 0 Å². The second kappa shape index (κ2) is 6.89. The molecule has 0 saturated carbocycles. The highest BCUT2D eigenvalue weighted by Crippen LogP contribution is 2.22. The van der Waals surface area contributed by atoms with Crippen LogP contribution in [0.25, 0.3) is 0 Å². The van der Waals surface area contributed by atoms with Gasteiger partial charge in [0.2, 0.25) is 0 Å². The third-order valence-corrected chi connectivity index (χ3v) is 3.48. The third-order valence-electron chi connectivity index (χ3n) is 2.44. The average Bonchev–Trinajstić information content (AvgIpc) is 2.64. The van der Waals surface area contributed by atoms with Crippen molar-refractivity contribution in [2.45, 2.75) is 46.2 Å². The minimum absolute atomic E-state index is 0.219. The Morgan fingerprint density at radius 3 is 2.88 bits per heavy atom. The molecule has 1 rings (SSSR count). The summed E-state index contributed by atoms with van der Waals surface area (Å²) in [5.74, 6) is 1.45. The van der Waals surface area contributed by atoms with Crippen LogP contribution in [-0.2, 0) is 9.53 Å². The van der Waals surface area contributed by atoms with Gasteiger partial charge in [-0.05, 0) is 26.2 Å². The molecule has 1 aliphatic rings. The number of aliphatic imine (C=N–C) groups is 1. The number of nitrogens with zero attached hydrogens (tertiary/aromatic N) is 1. The fraction of sp³-hybridized carbons (Fsp3) is 0.833. The molecule has 0 aliphatic carbocycles. The summed E-state index contributed by atoms with van der Waals surface area (Å²) < 4.78 is 4.94. The first-order valence-corrected chi connectivity index (χ1v) is 7.15. The van der Waals surface area contributed by atoms with E-state index in [4.69, 9.17) is 4.74 Å². The van der Waals surface area contributed by atoms with Crippen molar-refractivity contribution in [3.8, 4) is 0 Å². The Balaban J connectivity index is 2.39. The van der Waals surface area contributed by atoms with Gasteiger partial charge in [0.15, 0.2) is 5.17 Å². The number of carbonyl (C=O) groups is 1. The van der Waals surface area contributed by atoms with Gasteiger partial charge in [0, 0.05) is 5.75 Å². The number of rotatable bonds is 5. The van der Waals surface area contributed by atoms with Gasteiger partial charge < -0.3 is 10.1 Å². The number of amidine groups is 1. The van der Waals surface area contributed by atoms with Gasteiger partial charge in [-0.2, -0.15) is 0 Å². The van der Waals surface area contributed by atoms with Crippen molar-refractivity contribution in [3.63, 3.8) is 0 Å². The van der Waals surface area contributed by atoms with Gasteiger partial charge in [-0.15, -0.1) is 0 Å². The van der Waals surface area contributed by atoms with Crippen molar-refractivity contribution in [1.82, 2.24) is 5.32 Å². The lowest BCUT2D eigenvalue weighted by molar-refractivity contribution is -0.144. The Kier molecular flexibility index (Phi) is 5.82. The monoisotopic (exact) mass is 258 g/mol. The number of nitrogens with one attached hydrogen (secondary N) is 1. The molecule has 0 fully saturated rings. The summed E-state index contributed by atoms with van der Waals surface area (Å²) in [5.41, 5.74) is 0.